The van der Waals surface area contributed by atoms with Gasteiger partial charge in [0.2, 0.25) is 0 Å². The number of pyridine rings is 1. The topological polar surface area (TPSA) is 65.5 Å². The molecule has 1 aliphatic rings. The molecule has 7 heteroatoms. The highest BCUT2D eigenvalue weighted by Gasteiger charge is 2.24. The van der Waals surface area contributed by atoms with E-state index in [0.717, 1.165) is 24.6 Å². The number of aromatic nitrogens is 3. The fraction of sp³-hybridized carbons (Fsp3) is 0.273. The van der Waals surface area contributed by atoms with Crippen molar-refractivity contribution in [1.29, 1.82) is 0 Å². The molecule has 3 heterocycles. The summed E-state index contributed by atoms with van der Waals surface area (Å²) in [5.74, 6) is 2.18. The molecule has 7 nitrogen and oxygen atoms in total. The lowest BCUT2D eigenvalue weighted by Gasteiger charge is -2.35. The minimum atomic E-state index is -0.0566. The predicted molar refractivity (Wildman–Crippen MR) is 114 cm³/mol. The number of hydrogen-bond acceptors (Lipinski definition) is 6. The highest BCUT2D eigenvalue weighted by Crippen LogP contribution is 2.22. The third-order valence-electron chi connectivity index (χ3n) is 5.07. The van der Waals surface area contributed by atoms with E-state index in [2.05, 4.69) is 19.9 Å². The lowest BCUT2D eigenvalue weighted by atomic mass is 10.2. The minimum Gasteiger partial charge on any atom is -0.353 e. The second kappa shape index (κ2) is 8.26. The zero-order chi connectivity index (χ0) is 20.2. The van der Waals surface area contributed by atoms with Crippen LogP contribution in [0.25, 0.3) is 0 Å². The molecule has 1 fully saturated rings. The van der Waals surface area contributed by atoms with Crippen molar-refractivity contribution in [1.82, 2.24) is 19.9 Å². The van der Waals surface area contributed by atoms with Gasteiger partial charge in [0.15, 0.2) is 0 Å². The molecule has 0 aliphatic carbocycles. The molecule has 0 radical (unpaired) electrons. The van der Waals surface area contributed by atoms with Crippen molar-refractivity contribution < 1.29 is 4.79 Å². The molecule has 148 valence electrons. The van der Waals surface area contributed by atoms with Gasteiger partial charge in [-0.2, -0.15) is 0 Å². The van der Waals surface area contributed by atoms with Gasteiger partial charge in [0.05, 0.1) is 0 Å². The summed E-state index contributed by atoms with van der Waals surface area (Å²) in [6.45, 7) is 4.61. The van der Waals surface area contributed by atoms with Crippen LogP contribution in [-0.4, -0.2) is 59.0 Å². The van der Waals surface area contributed by atoms with Gasteiger partial charge < -0.3 is 14.7 Å². The number of aryl methyl sites for hydroxylation is 1. The van der Waals surface area contributed by atoms with Gasteiger partial charge in [0.25, 0.3) is 5.91 Å². The normalized spacial score (nSPS) is 14.0. The van der Waals surface area contributed by atoms with Crippen LogP contribution in [0.5, 0.6) is 0 Å². The third-order valence-corrected chi connectivity index (χ3v) is 5.07. The van der Waals surface area contributed by atoms with Gasteiger partial charge in [0, 0.05) is 51.2 Å². The van der Waals surface area contributed by atoms with Crippen LogP contribution in [0.4, 0.5) is 17.3 Å². The zero-order valence-electron chi connectivity index (χ0n) is 16.7. The fourth-order valence-corrected chi connectivity index (χ4v) is 3.46. The Morgan fingerprint density at radius 3 is 2.38 bits per heavy atom. The Labute approximate surface area is 170 Å². The second-order valence-corrected chi connectivity index (χ2v) is 7.02. The molecule has 0 bridgehead atoms. The van der Waals surface area contributed by atoms with Gasteiger partial charge in [-0.05, 0) is 31.2 Å². The minimum absolute atomic E-state index is 0.0566. The maximum absolute atomic E-state index is 13.1. The summed E-state index contributed by atoms with van der Waals surface area (Å²) < 4.78 is 0. The number of para-hydroxylation sites is 1. The van der Waals surface area contributed by atoms with Crippen molar-refractivity contribution in [3.8, 4) is 0 Å². The van der Waals surface area contributed by atoms with Gasteiger partial charge in [0.1, 0.15) is 23.2 Å². The molecule has 1 saturated heterocycles. The SMILES string of the molecule is Cc1nc(C(=O)N2CCN(c3ccccn3)CC2)cc(N(C)c2ccccc2)n1. The van der Waals surface area contributed by atoms with E-state index in [4.69, 9.17) is 0 Å². The Morgan fingerprint density at radius 2 is 1.69 bits per heavy atom. The second-order valence-electron chi connectivity index (χ2n) is 7.02. The molecule has 3 aromatic rings. The Kier molecular flexibility index (Phi) is 5.37. The summed E-state index contributed by atoms with van der Waals surface area (Å²) in [4.78, 5) is 32.4. The molecular weight excluding hydrogens is 364 g/mol. The van der Waals surface area contributed by atoms with Crippen molar-refractivity contribution >= 4 is 23.2 Å². The van der Waals surface area contributed by atoms with Crippen LogP contribution in [0, 0.1) is 6.92 Å². The van der Waals surface area contributed by atoms with Crippen LogP contribution in [0.3, 0.4) is 0 Å². The molecule has 0 N–H and O–H groups in total. The van der Waals surface area contributed by atoms with Crippen LogP contribution in [0.1, 0.15) is 16.3 Å². The monoisotopic (exact) mass is 388 g/mol. The largest absolute Gasteiger partial charge is 0.353 e. The maximum atomic E-state index is 13.1. The molecule has 0 saturated carbocycles. The molecule has 29 heavy (non-hydrogen) atoms. The number of carbonyl (C=O) groups excluding carboxylic acids is 1. The van der Waals surface area contributed by atoms with Crippen molar-refractivity contribution in [2.75, 3.05) is 43.0 Å². The highest BCUT2D eigenvalue weighted by atomic mass is 16.2. The Hall–Kier alpha value is -3.48. The summed E-state index contributed by atoms with van der Waals surface area (Å²) in [6.07, 6.45) is 1.79. The fourth-order valence-electron chi connectivity index (χ4n) is 3.46. The maximum Gasteiger partial charge on any atom is 0.272 e. The van der Waals surface area contributed by atoms with E-state index in [1.807, 2.05) is 72.3 Å². The third kappa shape index (κ3) is 4.18. The number of carbonyl (C=O) groups is 1. The molecule has 1 aliphatic heterocycles. The molecule has 2 aromatic heterocycles. The molecule has 0 unspecified atom stereocenters. The Morgan fingerprint density at radius 1 is 0.966 bits per heavy atom. The predicted octanol–water partition coefficient (Wildman–Crippen LogP) is 2.91. The van der Waals surface area contributed by atoms with Crippen molar-refractivity contribution in [3.63, 3.8) is 0 Å². The standard InChI is InChI=1S/C22H24N6O/c1-17-24-19(16-21(25-17)26(2)18-8-4-3-5-9-18)22(29)28-14-12-27(13-15-28)20-10-6-7-11-23-20/h3-11,16H,12-15H2,1-2H3. The van der Waals surface area contributed by atoms with Gasteiger partial charge in [-0.3, -0.25) is 4.79 Å². The van der Waals surface area contributed by atoms with Gasteiger partial charge in [-0.1, -0.05) is 24.3 Å². The molecular formula is C22H24N6O. The smallest absolute Gasteiger partial charge is 0.272 e. The number of benzene rings is 1. The van der Waals surface area contributed by atoms with Gasteiger partial charge in [-0.25, -0.2) is 15.0 Å². The van der Waals surface area contributed by atoms with E-state index >= 15 is 0 Å². The van der Waals surface area contributed by atoms with E-state index in [1.54, 1.807) is 12.3 Å². The van der Waals surface area contributed by atoms with Crippen LogP contribution in [0.2, 0.25) is 0 Å². The zero-order valence-corrected chi connectivity index (χ0v) is 16.7. The summed E-state index contributed by atoms with van der Waals surface area (Å²) in [5, 5.41) is 0. The lowest BCUT2D eigenvalue weighted by molar-refractivity contribution is 0.0740. The van der Waals surface area contributed by atoms with Crippen molar-refractivity contribution in [3.05, 3.63) is 72.3 Å². The molecule has 0 atom stereocenters. The Bertz CT molecular complexity index is 971. The van der Waals surface area contributed by atoms with E-state index in [0.29, 0.717) is 30.4 Å². The molecule has 4 rings (SSSR count). The molecule has 1 amide bonds. The van der Waals surface area contributed by atoms with Crippen molar-refractivity contribution in [2.24, 2.45) is 0 Å². The number of nitrogens with zero attached hydrogens (tertiary/aromatic N) is 6. The number of rotatable bonds is 4. The highest BCUT2D eigenvalue weighted by molar-refractivity contribution is 5.93. The van der Waals surface area contributed by atoms with Crippen molar-refractivity contribution in [2.45, 2.75) is 6.92 Å². The van der Waals surface area contributed by atoms with E-state index in [1.165, 1.54) is 0 Å². The van der Waals surface area contributed by atoms with E-state index < -0.39 is 0 Å². The average Bonchev–Trinajstić information content (AvgIpc) is 2.79. The number of piperazine rings is 1. The summed E-state index contributed by atoms with van der Waals surface area (Å²) >= 11 is 0. The first kappa shape index (κ1) is 18.9. The van der Waals surface area contributed by atoms with Crippen LogP contribution < -0.4 is 9.80 Å². The van der Waals surface area contributed by atoms with E-state index in [-0.39, 0.29) is 5.91 Å². The first-order valence-electron chi connectivity index (χ1n) is 9.71. The first-order valence-corrected chi connectivity index (χ1v) is 9.71. The molecule has 1 aromatic carbocycles. The van der Waals surface area contributed by atoms with Crippen LogP contribution >= 0.6 is 0 Å². The number of hydrogen-bond donors (Lipinski definition) is 0. The average molecular weight is 388 g/mol. The summed E-state index contributed by atoms with van der Waals surface area (Å²) in [6, 6.07) is 17.6. The number of amides is 1. The van der Waals surface area contributed by atoms with Gasteiger partial charge in [-0.15, -0.1) is 0 Å². The van der Waals surface area contributed by atoms with E-state index in [9.17, 15) is 4.79 Å². The van der Waals surface area contributed by atoms with Crippen LogP contribution in [0.15, 0.2) is 60.8 Å². The Balaban J connectivity index is 1.49. The lowest BCUT2D eigenvalue weighted by Crippen LogP contribution is -2.49. The quantitative estimate of drug-likeness (QED) is 0.685. The van der Waals surface area contributed by atoms with Gasteiger partial charge >= 0.3 is 0 Å². The number of anilines is 3. The summed E-state index contributed by atoms with van der Waals surface area (Å²) in [7, 11) is 1.94. The van der Waals surface area contributed by atoms with Crippen LogP contribution in [-0.2, 0) is 0 Å². The summed E-state index contributed by atoms with van der Waals surface area (Å²) in [5.41, 5.74) is 1.44. The molecule has 0 spiro atoms. The first-order chi connectivity index (χ1) is 14.1.